The minimum Gasteiger partial charge on any atom is -0.484 e. The highest BCUT2D eigenvalue weighted by atomic mass is 35.5. The lowest BCUT2D eigenvalue weighted by Gasteiger charge is -2.34. The standard InChI is InChI=1S/C19H19ClFN3O3/c20-14-5-7-15(8-6-14)27-13-18(25)23-9-11-24(12-10-23)19(26)22-17-4-2-1-3-16(17)21/h1-8H,9-13H2,(H,22,26). The van der Waals surface area contributed by atoms with Gasteiger partial charge in [-0.2, -0.15) is 0 Å². The van der Waals surface area contributed by atoms with Crippen LogP contribution < -0.4 is 10.1 Å². The molecule has 1 aliphatic rings. The molecule has 0 radical (unpaired) electrons. The number of benzene rings is 2. The van der Waals surface area contributed by atoms with Crippen LogP contribution in [0.1, 0.15) is 0 Å². The van der Waals surface area contributed by atoms with E-state index in [1.807, 2.05) is 0 Å². The molecule has 1 aliphatic heterocycles. The van der Waals surface area contributed by atoms with Crippen LogP contribution in [-0.2, 0) is 4.79 Å². The lowest BCUT2D eigenvalue weighted by Crippen LogP contribution is -2.52. The van der Waals surface area contributed by atoms with Crippen molar-refractivity contribution in [1.82, 2.24) is 9.80 Å². The topological polar surface area (TPSA) is 61.9 Å². The van der Waals surface area contributed by atoms with E-state index in [4.69, 9.17) is 16.3 Å². The first-order valence-electron chi connectivity index (χ1n) is 8.49. The highest BCUT2D eigenvalue weighted by molar-refractivity contribution is 6.30. The molecule has 1 fully saturated rings. The Bertz CT molecular complexity index is 808. The first kappa shape index (κ1) is 19.0. The van der Waals surface area contributed by atoms with Gasteiger partial charge in [-0.15, -0.1) is 0 Å². The largest absolute Gasteiger partial charge is 0.484 e. The van der Waals surface area contributed by atoms with Crippen molar-refractivity contribution in [3.63, 3.8) is 0 Å². The van der Waals surface area contributed by atoms with Gasteiger partial charge < -0.3 is 19.9 Å². The SMILES string of the molecule is O=C(COc1ccc(Cl)cc1)N1CCN(C(=O)Nc2ccccc2F)CC1. The average molecular weight is 392 g/mol. The smallest absolute Gasteiger partial charge is 0.322 e. The fourth-order valence-corrected chi connectivity index (χ4v) is 2.81. The van der Waals surface area contributed by atoms with Crippen molar-refractivity contribution in [3.05, 3.63) is 59.4 Å². The quantitative estimate of drug-likeness (QED) is 0.870. The average Bonchev–Trinajstić information content (AvgIpc) is 2.69. The molecule has 142 valence electrons. The molecule has 0 saturated carbocycles. The number of carbonyl (C=O) groups excluding carboxylic acids is 2. The molecule has 2 aromatic rings. The van der Waals surface area contributed by atoms with Crippen LogP contribution in [0.25, 0.3) is 0 Å². The number of carbonyl (C=O) groups is 2. The van der Waals surface area contributed by atoms with Gasteiger partial charge >= 0.3 is 6.03 Å². The van der Waals surface area contributed by atoms with Gasteiger partial charge in [-0.1, -0.05) is 23.7 Å². The van der Waals surface area contributed by atoms with Gasteiger partial charge in [-0.3, -0.25) is 4.79 Å². The van der Waals surface area contributed by atoms with Gasteiger partial charge in [0.05, 0.1) is 5.69 Å². The second kappa shape index (κ2) is 8.73. The van der Waals surface area contributed by atoms with E-state index >= 15 is 0 Å². The Morgan fingerprint density at radius 2 is 1.63 bits per heavy atom. The third kappa shape index (κ3) is 5.10. The van der Waals surface area contributed by atoms with Crippen LogP contribution in [-0.4, -0.2) is 54.5 Å². The zero-order chi connectivity index (χ0) is 19.2. The van der Waals surface area contributed by atoms with E-state index in [1.165, 1.54) is 12.1 Å². The summed E-state index contributed by atoms with van der Waals surface area (Å²) >= 11 is 5.81. The van der Waals surface area contributed by atoms with Crippen molar-refractivity contribution in [2.75, 3.05) is 38.1 Å². The monoisotopic (exact) mass is 391 g/mol. The van der Waals surface area contributed by atoms with E-state index in [2.05, 4.69) is 5.32 Å². The van der Waals surface area contributed by atoms with Crippen LogP contribution in [0.2, 0.25) is 5.02 Å². The third-order valence-electron chi connectivity index (χ3n) is 4.21. The number of hydrogen-bond acceptors (Lipinski definition) is 3. The second-order valence-electron chi connectivity index (χ2n) is 6.02. The fraction of sp³-hybridized carbons (Fsp3) is 0.263. The first-order valence-corrected chi connectivity index (χ1v) is 8.87. The summed E-state index contributed by atoms with van der Waals surface area (Å²) in [6, 6.07) is 12.4. The Kier molecular flexibility index (Phi) is 6.13. The molecule has 1 N–H and O–H groups in total. The van der Waals surface area contributed by atoms with Crippen LogP contribution in [0, 0.1) is 5.82 Å². The number of urea groups is 1. The van der Waals surface area contributed by atoms with Crippen LogP contribution in [0.15, 0.2) is 48.5 Å². The minimum atomic E-state index is -0.487. The van der Waals surface area contributed by atoms with Crippen molar-refractivity contribution < 1.29 is 18.7 Å². The maximum Gasteiger partial charge on any atom is 0.322 e. The summed E-state index contributed by atoms with van der Waals surface area (Å²) in [5, 5.41) is 3.14. The molecule has 0 bridgehead atoms. The number of ether oxygens (including phenoxy) is 1. The van der Waals surface area contributed by atoms with Crippen LogP contribution in [0.4, 0.5) is 14.9 Å². The molecular formula is C19H19ClFN3O3. The van der Waals surface area contributed by atoms with Crippen LogP contribution in [0.3, 0.4) is 0 Å². The maximum absolute atomic E-state index is 13.6. The number of para-hydroxylation sites is 1. The molecule has 0 unspecified atom stereocenters. The molecule has 3 rings (SSSR count). The molecule has 2 aromatic carbocycles. The van der Waals surface area contributed by atoms with E-state index in [0.717, 1.165) is 0 Å². The highest BCUT2D eigenvalue weighted by Crippen LogP contribution is 2.16. The van der Waals surface area contributed by atoms with Crippen molar-refractivity contribution >= 4 is 29.2 Å². The number of hydrogen-bond donors (Lipinski definition) is 1. The van der Waals surface area contributed by atoms with E-state index in [0.29, 0.717) is 37.0 Å². The summed E-state index contributed by atoms with van der Waals surface area (Å²) in [5.74, 6) is -0.0752. The Hall–Kier alpha value is -2.80. The van der Waals surface area contributed by atoms with Crippen LogP contribution >= 0.6 is 11.6 Å². The Morgan fingerprint density at radius 3 is 2.30 bits per heavy atom. The summed E-state index contributed by atoms with van der Waals surface area (Å²) in [6.07, 6.45) is 0. The fourth-order valence-electron chi connectivity index (χ4n) is 2.68. The van der Waals surface area contributed by atoms with Gasteiger partial charge in [0.2, 0.25) is 0 Å². The Balaban J connectivity index is 1.45. The molecular weight excluding hydrogens is 373 g/mol. The lowest BCUT2D eigenvalue weighted by atomic mass is 10.3. The molecule has 27 heavy (non-hydrogen) atoms. The van der Waals surface area contributed by atoms with Crippen molar-refractivity contribution in [2.45, 2.75) is 0 Å². The number of nitrogens with one attached hydrogen (secondary N) is 1. The molecule has 0 aliphatic carbocycles. The Labute approximate surface area is 161 Å². The second-order valence-corrected chi connectivity index (χ2v) is 6.46. The van der Waals surface area contributed by atoms with Gasteiger partial charge in [0, 0.05) is 31.2 Å². The van der Waals surface area contributed by atoms with Gasteiger partial charge in [-0.05, 0) is 36.4 Å². The molecule has 1 heterocycles. The molecule has 6 nitrogen and oxygen atoms in total. The van der Waals surface area contributed by atoms with Crippen molar-refractivity contribution in [1.29, 1.82) is 0 Å². The summed E-state index contributed by atoms with van der Waals surface area (Å²) in [7, 11) is 0. The molecule has 3 amide bonds. The summed E-state index contributed by atoms with van der Waals surface area (Å²) in [6.45, 7) is 1.45. The Morgan fingerprint density at radius 1 is 1.00 bits per heavy atom. The van der Waals surface area contributed by atoms with Crippen LogP contribution in [0.5, 0.6) is 5.75 Å². The number of anilines is 1. The van der Waals surface area contributed by atoms with Crippen molar-refractivity contribution in [3.8, 4) is 5.75 Å². The number of nitrogens with zero attached hydrogens (tertiary/aromatic N) is 2. The van der Waals surface area contributed by atoms with Gasteiger partial charge in [0.25, 0.3) is 5.91 Å². The van der Waals surface area contributed by atoms with Gasteiger partial charge in [0.15, 0.2) is 6.61 Å². The predicted octanol–water partition coefficient (Wildman–Crippen LogP) is 3.23. The molecule has 0 spiro atoms. The van der Waals surface area contributed by atoms with Gasteiger partial charge in [-0.25, -0.2) is 9.18 Å². The van der Waals surface area contributed by atoms with E-state index < -0.39 is 5.82 Å². The van der Waals surface area contributed by atoms with Gasteiger partial charge in [0.1, 0.15) is 11.6 Å². The first-order chi connectivity index (χ1) is 13.0. The molecule has 0 aromatic heterocycles. The summed E-state index contributed by atoms with van der Waals surface area (Å²) in [5.41, 5.74) is 0.136. The molecule has 8 heteroatoms. The number of piperazine rings is 1. The zero-order valence-electron chi connectivity index (χ0n) is 14.5. The molecule has 0 atom stereocenters. The normalized spacial score (nSPS) is 14.0. The van der Waals surface area contributed by atoms with E-state index in [9.17, 15) is 14.0 Å². The minimum absolute atomic E-state index is 0.0803. The zero-order valence-corrected chi connectivity index (χ0v) is 15.3. The van der Waals surface area contributed by atoms with E-state index in [1.54, 1.807) is 46.2 Å². The van der Waals surface area contributed by atoms with E-state index in [-0.39, 0.29) is 24.2 Å². The predicted molar refractivity (Wildman–Crippen MR) is 101 cm³/mol. The van der Waals surface area contributed by atoms with Crippen molar-refractivity contribution in [2.24, 2.45) is 0 Å². The third-order valence-corrected chi connectivity index (χ3v) is 4.46. The number of halogens is 2. The number of rotatable bonds is 4. The summed E-state index contributed by atoms with van der Waals surface area (Å²) < 4.78 is 19.1. The number of amides is 3. The maximum atomic E-state index is 13.6. The molecule has 1 saturated heterocycles. The highest BCUT2D eigenvalue weighted by Gasteiger charge is 2.24. The lowest BCUT2D eigenvalue weighted by molar-refractivity contribution is -0.134. The summed E-state index contributed by atoms with van der Waals surface area (Å²) in [4.78, 5) is 27.7.